The van der Waals surface area contributed by atoms with E-state index in [2.05, 4.69) is 30.3 Å². The molecule has 1 aliphatic rings. The molecule has 0 spiro atoms. The van der Waals surface area contributed by atoms with Crippen molar-refractivity contribution in [3.8, 4) is 0 Å². The van der Waals surface area contributed by atoms with Crippen LogP contribution in [0.4, 0.5) is 0 Å². The van der Waals surface area contributed by atoms with Crippen LogP contribution < -0.4 is 0 Å². The number of esters is 2. The Kier molecular flexibility index (Phi) is 5.55. The number of ether oxygens (including phenoxy) is 2. The van der Waals surface area contributed by atoms with Gasteiger partial charge in [0.25, 0.3) is 0 Å². The molecule has 0 N–H and O–H groups in total. The minimum absolute atomic E-state index is 0.438. The molecule has 0 fully saturated rings. The molecule has 0 heterocycles. The molecule has 4 nitrogen and oxygen atoms in total. The fourth-order valence-electron chi connectivity index (χ4n) is 4.71. The molecule has 0 unspecified atom stereocenters. The minimum Gasteiger partial charge on any atom is -0.450 e. The summed E-state index contributed by atoms with van der Waals surface area (Å²) in [6, 6.07) is 34.2. The predicted molar refractivity (Wildman–Crippen MR) is 141 cm³/mol. The summed E-state index contributed by atoms with van der Waals surface area (Å²) >= 11 is 0. The summed E-state index contributed by atoms with van der Waals surface area (Å²) in [5, 5.41) is 4.45. The van der Waals surface area contributed by atoms with Crippen LogP contribution in [0.5, 0.6) is 0 Å². The average Bonchev–Trinajstić information content (AvgIpc) is 2.94. The Labute approximate surface area is 208 Å². The number of benzene rings is 5. The van der Waals surface area contributed by atoms with Crippen LogP contribution in [-0.2, 0) is 9.47 Å². The highest BCUT2D eigenvalue weighted by molar-refractivity contribution is 6.08. The van der Waals surface area contributed by atoms with Crippen molar-refractivity contribution in [1.29, 1.82) is 0 Å². The van der Waals surface area contributed by atoms with Crippen LogP contribution in [0.1, 0.15) is 37.9 Å². The maximum absolute atomic E-state index is 13.1. The van der Waals surface area contributed by atoms with E-state index in [9.17, 15) is 9.59 Å². The quantitative estimate of drug-likeness (QED) is 0.207. The Bertz CT molecular complexity index is 1620. The van der Waals surface area contributed by atoms with Crippen molar-refractivity contribution in [2.75, 3.05) is 0 Å². The van der Waals surface area contributed by atoms with E-state index in [4.69, 9.17) is 9.47 Å². The van der Waals surface area contributed by atoms with Gasteiger partial charge in [-0.3, -0.25) is 0 Å². The molecule has 4 heteroatoms. The summed E-state index contributed by atoms with van der Waals surface area (Å²) in [5.74, 6) is -0.942. The van der Waals surface area contributed by atoms with Crippen molar-refractivity contribution in [2.45, 2.75) is 12.2 Å². The highest BCUT2D eigenvalue weighted by Gasteiger charge is 2.33. The lowest BCUT2D eigenvalue weighted by molar-refractivity contribution is -0.0228. The number of hydrogen-bond donors (Lipinski definition) is 0. The molecule has 36 heavy (non-hydrogen) atoms. The number of rotatable bonds is 4. The zero-order valence-electron chi connectivity index (χ0n) is 19.3. The number of hydrogen-bond acceptors (Lipinski definition) is 4. The van der Waals surface area contributed by atoms with Crippen molar-refractivity contribution >= 4 is 39.6 Å². The second-order valence-corrected chi connectivity index (χ2v) is 8.78. The SMILES string of the molecule is O=C(O[C@H]1C=Cc2cc3c(ccc4ccccc43)cc2[C@@H]1OC(=O)c1ccccc1)c1ccccc1. The third-order valence-corrected chi connectivity index (χ3v) is 6.52. The van der Waals surface area contributed by atoms with Gasteiger partial charge in [-0.05, 0) is 69.6 Å². The third-order valence-electron chi connectivity index (χ3n) is 6.52. The molecule has 174 valence electrons. The van der Waals surface area contributed by atoms with Crippen molar-refractivity contribution in [1.82, 2.24) is 0 Å². The van der Waals surface area contributed by atoms with Gasteiger partial charge in [-0.15, -0.1) is 0 Å². The number of carbonyl (C=O) groups is 2. The van der Waals surface area contributed by atoms with Gasteiger partial charge in [-0.25, -0.2) is 9.59 Å². The van der Waals surface area contributed by atoms with Gasteiger partial charge in [0.15, 0.2) is 12.2 Å². The standard InChI is InChI=1S/C32H22O4/c33-31(22-10-3-1-4-11-22)35-29-18-17-25-19-27-24(16-15-21-9-7-8-14-26(21)27)20-28(25)30(29)36-32(34)23-12-5-2-6-13-23/h1-20,29-30H/t29-,30-/m0/s1. The summed E-state index contributed by atoms with van der Waals surface area (Å²) in [5.41, 5.74) is 2.61. The van der Waals surface area contributed by atoms with E-state index < -0.39 is 24.1 Å². The Morgan fingerprint density at radius 2 is 1.19 bits per heavy atom. The maximum atomic E-state index is 13.1. The summed E-state index contributed by atoms with van der Waals surface area (Å²) in [7, 11) is 0. The first-order valence-electron chi connectivity index (χ1n) is 11.8. The monoisotopic (exact) mass is 470 g/mol. The van der Waals surface area contributed by atoms with Crippen molar-refractivity contribution in [2.24, 2.45) is 0 Å². The lowest BCUT2D eigenvalue weighted by Crippen LogP contribution is -2.30. The van der Waals surface area contributed by atoms with Crippen LogP contribution in [0.2, 0.25) is 0 Å². The Morgan fingerprint density at radius 1 is 0.583 bits per heavy atom. The van der Waals surface area contributed by atoms with E-state index in [1.54, 1.807) is 54.6 Å². The van der Waals surface area contributed by atoms with Crippen LogP contribution in [0.15, 0.2) is 115 Å². The number of carbonyl (C=O) groups excluding carboxylic acids is 2. The first kappa shape index (κ1) is 21.8. The van der Waals surface area contributed by atoms with Crippen molar-refractivity contribution < 1.29 is 19.1 Å². The van der Waals surface area contributed by atoms with Crippen LogP contribution in [-0.4, -0.2) is 18.0 Å². The van der Waals surface area contributed by atoms with Crippen LogP contribution in [0.25, 0.3) is 27.6 Å². The predicted octanol–water partition coefficient (Wildman–Crippen LogP) is 7.14. The van der Waals surface area contributed by atoms with Gasteiger partial charge in [0.1, 0.15) is 0 Å². The molecule has 5 aromatic carbocycles. The van der Waals surface area contributed by atoms with Gasteiger partial charge < -0.3 is 9.47 Å². The normalized spacial score (nSPS) is 16.4. The topological polar surface area (TPSA) is 52.6 Å². The zero-order valence-corrected chi connectivity index (χ0v) is 19.3. The first-order chi connectivity index (χ1) is 17.7. The van der Waals surface area contributed by atoms with Crippen LogP contribution in [0, 0.1) is 0 Å². The maximum Gasteiger partial charge on any atom is 0.338 e. The average molecular weight is 471 g/mol. The Balaban J connectivity index is 1.42. The molecule has 0 radical (unpaired) electrons. The second-order valence-electron chi connectivity index (χ2n) is 8.78. The molecule has 0 saturated carbocycles. The fraction of sp³-hybridized carbons (Fsp3) is 0.0625. The zero-order chi connectivity index (χ0) is 24.5. The van der Waals surface area contributed by atoms with Gasteiger partial charge >= 0.3 is 11.9 Å². The minimum atomic E-state index is -0.791. The molecule has 0 amide bonds. The number of fused-ring (bicyclic) bond motifs is 4. The van der Waals surface area contributed by atoms with E-state index in [1.165, 1.54) is 0 Å². The molecule has 2 atom stereocenters. The summed E-state index contributed by atoms with van der Waals surface area (Å²) in [6.07, 6.45) is 2.17. The summed E-state index contributed by atoms with van der Waals surface area (Å²) in [6.45, 7) is 0. The van der Waals surface area contributed by atoms with Crippen molar-refractivity contribution in [3.63, 3.8) is 0 Å². The van der Waals surface area contributed by atoms with E-state index in [1.807, 2.05) is 36.4 Å². The van der Waals surface area contributed by atoms with Crippen molar-refractivity contribution in [3.05, 3.63) is 138 Å². The first-order valence-corrected chi connectivity index (χ1v) is 11.8. The van der Waals surface area contributed by atoms with Gasteiger partial charge in [-0.1, -0.05) is 78.9 Å². The smallest absolute Gasteiger partial charge is 0.338 e. The van der Waals surface area contributed by atoms with Gasteiger partial charge in [0.05, 0.1) is 11.1 Å². The largest absolute Gasteiger partial charge is 0.450 e. The van der Waals surface area contributed by atoms with E-state index in [0.717, 1.165) is 32.7 Å². The summed E-state index contributed by atoms with van der Waals surface area (Å²) in [4.78, 5) is 26.0. The molecular formula is C32H22O4. The molecule has 0 bridgehead atoms. The lowest BCUT2D eigenvalue weighted by atomic mass is 9.88. The summed E-state index contributed by atoms with van der Waals surface area (Å²) < 4.78 is 11.9. The molecule has 5 aromatic rings. The van der Waals surface area contributed by atoms with Crippen LogP contribution in [0.3, 0.4) is 0 Å². The van der Waals surface area contributed by atoms with Gasteiger partial charge in [-0.2, -0.15) is 0 Å². The van der Waals surface area contributed by atoms with E-state index in [-0.39, 0.29) is 0 Å². The van der Waals surface area contributed by atoms with E-state index >= 15 is 0 Å². The molecule has 1 aliphatic carbocycles. The third kappa shape index (κ3) is 4.03. The molecule has 6 rings (SSSR count). The highest BCUT2D eigenvalue weighted by Crippen LogP contribution is 2.38. The van der Waals surface area contributed by atoms with Gasteiger partial charge in [0.2, 0.25) is 0 Å². The van der Waals surface area contributed by atoms with Gasteiger partial charge in [0, 0.05) is 5.56 Å². The fourth-order valence-corrected chi connectivity index (χ4v) is 4.71. The molecule has 0 saturated heterocycles. The lowest BCUT2D eigenvalue weighted by Gasteiger charge is -2.30. The molecule has 0 aliphatic heterocycles. The molecular weight excluding hydrogens is 448 g/mol. The second kappa shape index (κ2) is 9.16. The Hall–Kier alpha value is -4.70. The molecule has 0 aromatic heterocycles. The van der Waals surface area contributed by atoms with E-state index in [0.29, 0.717) is 11.1 Å². The van der Waals surface area contributed by atoms with Crippen LogP contribution >= 0.6 is 0 Å². The Morgan fingerprint density at radius 3 is 1.92 bits per heavy atom. The highest BCUT2D eigenvalue weighted by atomic mass is 16.6.